The number of ether oxygens (including phenoxy) is 1. The SMILES string of the molecule is CCCCCCCC(=O)Nc1ncnc2c1ncn2[C@@H]1C[C@H](SSc2ccccc2[N+](=O)[O-])[C@@H](CSSc2ccccc2[N+](=O)[O-])O1. The Morgan fingerprint density at radius 1 is 0.957 bits per heavy atom. The molecule has 17 heteroatoms. The van der Waals surface area contributed by atoms with Crippen molar-refractivity contribution >= 4 is 77.4 Å². The zero-order valence-electron chi connectivity index (χ0n) is 25.4. The van der Waals surface area contributed by atoms with Crippen LogP contribution in [-0.2, 0) is 9.53 Å². The van der Waals surface area contributed by atoms with Crippen LogP contribution in [-0.4, -0.2) is 52.4 Å². The van der Waals surface area contributed by atoms with Gasteiger partial charge in [0.2, 0.25) is 5.91 Å². The average Bonchev–Trinajstić information content (AvgIpc) is 3.68. The maximum Gasteiger partial charge on any atom is 0.283 e. The van der Waals surface area contributed by atoms with Crippen molar-refractivity contribution in [2.24, 2.45) is 0 Å². The monoisotopic (exact) mass is 715 g/mol. The zero-order valence-corrected chi connectivity index (χ0v) is 28.7. The number of carbonyl (C=O) groups is 1. The number of carbonyl (C=O) groups excluding carboxylic acids is 1. The molecule has 3 heterocycles. The maximum atomic E-state index is 12.6. The number of rotatable bonds is 17. The highest BCUT2D eigenvalue weighted by molar-refractivity contribution is 8.77. The van der Waals surface area contributed by atoms with Gasteiger partial charge < -0.3 is 10.1 Å². The number of benzene rings is 2. The van der Waals surface area contributed by atoms with E-state index in [1.165, 1.54) is 61.6 Å². The number of amides is 1. The summed E-state index contributed by atoms with van der Waals surface area (Å²) in [5, 5.41) is 25.9. The van der Waals surface area contributed by atoms with Crippen LogP contribution in [0.1, 0.15) is 58.1 Å². The molecule has 13 nitrogen and oxygen atoms in total. The standard InChI is InChI=1S/C30H33N7O6S4/c1-2-3-4-5-6-15-26(38)34-29-28-30(32-18-31-29)35(19-33-28)27-16-25(47-46-24-14-10-8-12-21(24)37(41)42)22(43-27)17-44-45-23-13-9-7-11-20(23)36(39)40/h7-14,18-19,22,25,27H,2-6,15-17H2,1H3,(H,31,32,34,38)/t22-,25+,27+/m1/s1. The molecule has 0 unspecified atom stereocenters. The lowest BCUT2D eigenvalue weighted by Gasteiger charge is -2.17. The minimum Gasteiger partial charge on any atom is -0.353 e. The zero-order chi connectivity index (χ0) is 33.2. The molecule has 47 heavy (non-hydrogen) atoms. The third-order valence-corrected chi connectivity index (χ3v) is 12.7. The predicted octanol–water partition coefficient (Wildman–Crippen LogP) is 8.48. The van der Waals surface area contributed by atoms with E-state index in [0.717, 1.165) is 32.1 Å². The molecule has 1 saturated heterocycles. The summed E-state index contributed by atoms with van der Waals surface area (Å²) in [6.07, 6.45) is 8.43. The summed E-state index contributed by atoms with van der Waals surface area (Å²) in [6.45, 7) is 2.15. The van der Waals surface area contributed by atoms with Crippen LogP contribution in [0.25, 0.3) is 11.2 Å². The molecule has 0 spiro atoms. The number of aromatic nitrogens is 4. The Morgan fingerprint density at radius 2 is 1.64 bits per heavy atom. The van der Waals surface area contributed by atoms with E-state index in [2.05, 4.69) is 27.2 Å². The summed E-state index contributed by atoms with van der Waals surface area (Å²) in [5.74, 6) is 0.727. The molecular weight excluding hydrogens is 683 g/mol. The first kappa shape index (κ1) is 34.9. The Labute approximate surface area is 286 Å². The van der Waals surface area contributed by atoms with Gasteiger partial charge in [-0.1, -0.05) is 100 Å². The number of nitrogens with zero attached hydrogens (tertiary/aromatic N) is 6. The minimum atomic E-state index is -0.456. The molecule has 4 aromatic rings. The number of nitrogens with one attached hydrogen (secondary N) is 1. The van der Waals surface area contributed by atoms with E-state index in [1.807, 2.05) is 4.57 Å². The Kier molecular flexibility index (Phi) is 12.7. The first-order chi connectivity index (χ1) is 22.9. The second-order valence-corrected chi connectivity index (χ2v) is 15.5. The van der Waals surface area contributed by atoms with Crippen LogP contribution in [0.5, 0.6) is 0 Å². The number of imidazole rings is 1. The van der Waals surface area contributed by atoms with Crippen molar-refractivity contribution in [1.82, 2.24) is 19.5 Å². The number of para-hydroxylation sites is 2. The first-order valence-corrected chi connectivity index (χ1v) is 19.6. The lowest BCUT2D eigenvalue weighted by molar-refractivity contribution is -0.387. The van der Waals surface area contributed by atoms with Gasteiger partial charge in [-0.05, 0) is 18.6 Å². The van der Waals surface area contributed by atoms with Gasteiger partial charge in [0.25, 0.3) is 11.4 Å². The summed E-state index contributed by atoms with van der Waals surface area (Å²) in [5.41, 5.74) is 1.04. The fraction of sp³-hybridized carbons (Fsp3) is 0.400. The van der Waals surface area contributed by atoms with E-state index in [9.17, 15) is 25.0 Å². The van der Waals surface area contributed by atoms with Gasteiger partial charge in [0.05, 0.1) is 32.1 Å². The highest BCUT2D eigenvalue weighted by atomic mass is 33.1. The van der Waals surface area contributed by atoms with Crippen LogP contribution in [0.3, 0.4) is 0 Å². The van der Waals surface area contributed by atoms with E-state index < -0.39 is 16.1 Å². The molecule has 0 radical (unpaired) electrons. The summed E-state index contributed by atoms with van der Waals surface area (Å²) in [7, 11) is 5.58. The van der Waals surface area contributed by atoms with E-state index in [1.54, 1.807) is 42.7 Å². The summed E-state index contributed by atoms with van der Waals surface area (Å²) in [4.78, 5) is 49.3. The smallest absolute Gasteiger partial charge is 0.283 e. The summed E-state index contributed by atoms with van der Waals surface area (Å²) in [6, 6.07) is 13.2. The van der Waals surface area contributed by atoms with Crippen LogP contribution < -0.4 is 5.32 Å². The van der Waals surface area contributed by atoms with Crippen LogP contribution in [0.4, 0.5) is 17.2 Å². The van der Waals surface area contributed by atoms with Crippen molar-refractivity contribution in [3.05, 3.63) is 81.4 Å². The molecule has 3 atom stereocenters. The Hall–Kier alpha value is -3.38. The molecular formula is C30H33N7O6S4. The number of anilines is 1. The van der Waals surface area contributed by atoms with Crippen molar-refractivity contribution in [2.75, 3.05) is 11.1 Å². The highest BCUT2D eigenvalue weighted by Crippen LogP contribution is 2.48. The average molecular weight is 716 g/mol. The van der Waals surface area contributed by atoms with Crippen molar-refractivity contribution in [1.29, 1.82) is 0 Å². The molecule has 0 aliphatic carbocycles. The molecule has 1 fully saturated rings. The first-order valence-electron chi connectivity index (χ1n) is 15.1. The quantitative estimate of drug-likeness (QED) is 0.0479. The number of fused-ring (bicyclic) bond motifs is 1. The molecule has 1 N–H and O–H groups in total. The van der Waals surface area contributed by atoms with Gasteiger partial charge in [0.15, 0.2) is 17.0 Å². The lowest BCUT2D eigenvalue weighted by atomic mass is 10.1. The molecule has 2 aromatic heterocycles. The normalized spacial score (nSPS) is 17.6. The fourth-order valence-electron chi connectivity index (χ4n) is 5.00. The van der Waals surface area contributed by atoms with Gasteiger partial charge in [0.1, 0.15) is 12.6 Å². The van der Waals surface area contributed by atoms with Gasteiger partial charge in [-0.15, -0.1) is 0 Å². The maximum absolute atomic E-state index is 12.6. The molecule has 5 rings (SSSR count). The fourth-order valence-corrected chi connectivity index (χ4v) is 10.4. The highest BCUT2D eigenvalue weighted by Gasteiger charge is 2.38. The third-order valence-electron chi connectivity index (χ3n) is 7.38. The molecule has 2 aromatic carbocycles. The van der Waals surface area contributed by atoms with E-state index in [4.69, 9.17) is 4.74 Å². The molecule has 1 aliphatic rings. The molecule has 248 valence electrons. The third kappa shape index (κ3) is 9.16. The van der Waals surface area contributed by atoms with Crippen LogP contribution >= 0.6 is 43.2 Å². The van der Waals surface area contributed by atoms with Crippen molar-refractivity contribution in [3.8, 4) is 0 Å². The Morgan fingerprint density at radius 3 is 2.34 bits per heavy atom. The minimum absolute atomic E-state index is 0.0335. The second-order valence-electron chi connectivity index (χ2n) is 10.7. The van der Waals surface area contributed by atoms with Gasteiger partial charge in [-0.2, -0.15) is 0 Å². The van der Waals surface area contributed by atoms with Gasteiger partial charge in [0, 0.05) is 36.0 Å². The van der Waals surface area contributed by atoms with E-state index in [-0.39, 0.29) is 28.6 Å². The second kappa shape index (κ2) is 17.1. The van der Waals surface area contributed by atoms with E-state index in [0.29, 0.717) is 45.4 Å². The Bertz CT molecular complexity index is 1710. The van der Waals surface area contributed by atoms with Crippen molar-refractivity contribution in [3.63, 3.8) is 0 Å². The van der Waals surface area contributed by atoms with Crippen LogP contribution in [0, 0.1) is 20.2 Å². The van der Waals surface area contributed by atoms with Gasteiger partial charge in [-0.3, -0.25) is 29.6 Å². The number of hydrogen-bond acceptors (Lipinski definition) is 13. The van der Waals surface area contributed by atoms with E-state index >= 15 is 0 Å². The topological polar surface area (TPSA) is 168 Å². The Balaban J connectivity index is 1.30. The van der Waals surface area contributed by atoms with Gasteiger partial charge >= 0.3 is 0 Å². The number of nitro groups is 2. The largest absolute Gasteiger partial charge is 0.353 e. The van der Waals surface area contributed by atoms with Crippen molar-refractivity contribution < 1.29 is 19.4 Å². The molecule has 0 saturated carbocycles. The number of unbranched alkanes of at least 4 members (excludes halogenated alkanes) is 4. The number of nitro benzene ring substituents is 2. The number of hydrogen-bond donors (Lipinski definition) is 1. The lowest BCUT2D eigenvalue weighted by Crippen LogP contribution is -2.20. The van der Waals surface area contributed by atoms with Gasteiger partial charge in [-0.25, -0.2) is 15.0 Å². The van der Waals surface area contributed by atoms with Crippen LogP contribution in [0.15, 0.2) is 71.0 Å². The molecule has 0 bridgehead atoms. The molecule has 1 amide bonds. The molecule has 1 aliphatic heterocycles. The summed E-state index contributed by atoms with van der Waals surface area (Å²) < 4.78 is 8.37. The summed E-state index contributed by atoms with van der Waals surface area (Å²) >= 11 is 0. The van der Waals surface area contributed by atoms with Crippen LogP contribution in [0.2, 0.25) is 0 Å². The predicted molar refractivity (Wildman–Crippen MR) is 188 cm³/mol. The van der Waals surface area contributed by atoms with Crippen molar-refractivity contribution in [2.45, 2.75) is 79.2 Å².